The summed E-state index contributed by atoms with van der Waals surface area (Å²) in [5.74, 6) is 0. The number of aryl methyl sites for hydroxylation is 1. The van der Waals surface area contributed by atoms with Gasteiger partial charge in [-0.15, -0.1) is 0 Å². The van der Waals surface area contributed by atoms with Crippen LogP contribution in [0.4, 0.5) is 0 Å². The summed E-state index contributed by atoms with van der Waals surface area (Å²) in [6.07, 6.45) is 0.527. The lowest BCUT2D eigenvalue weighted by atomic mass is 10.1. The molecule has 1 unspecified atom stereocenters. The number of aliphatic hydroxyl groups excluding tert-OH is 1. The zero-order valence-electron chi connectivity index (χ0n) is 12.6. The van der Waals surface area contributed by atoms with Gasteiger partial charge in [-0.05, 0) is 36.1 Å². The van der Waals surface area contributed by atoms with E-state index in [1.165, 1.54) is 0 Å². The topological polar surface area (TPSA) is 66.4 Å². The second-order valence-corrected chi connectivity index (χ2v) is 6.88. The highest BCUT2D eigenvalue weighted by molar-refractivity contribution is 7.89. The number of rotatable bonds is 7. The first-order chi connectivity index (χ1) is 10.5. The molecule has 22 heavy (non-hydrogen) atoms. The fourth-order valence-corrected chi connectivity index (χ4v) is 3.21. The predicted molar refractivity (Wildman–Crippen MR) is 87.0 cm³/mol. The third-order valence-electron chi connectivity index (χ3n) is 3.54. The predicted octanol–water partition coefficient (Wildman–Crippen LogP) is 2.65. The first-order valence-electron chi connectivity index (χ1n) is 7.34. The molecule has 0 heterocycles. The molecule has 0 saturated carbocycles. The Bertz CT molecular complexity index is 682. The summed E-state index contributed by atoms with van der Waals surface area (Å²) in [6, 6.07) is 16.0. The van der Waals surface area contributed by atoms with Gasteiger partial charge < -0.3 is 5.11 Å². The molecule has 2 rings (SSSR count). The van der Waals surface area contributed by atoms with Crippen LogP contribution in [-0.2, 0) is 16.4 Å². The van der Waals surface area contributed by atoms with Crippen LogP contribution < -0.4 is 4.72 Å². The van der Waals surface area contributed by atoms with E-state index in [1.807, 2.05) is 49.4 Å². The van der Waals surface area contributed by atoms with Gasteiger partial charge >= 0.3 is 0 Å². The van der Waals surface area contributed by atoms with E-state index in [4.69, 9.17) is 0 Å². The van der Waals surface area contributed by atoms with Gasteiger partial charge in [-0.1, -0.05) is 49.4 Å². The Morgan fingerprint density at radius 1 is 1.05 bits per heavy atom. The molecule has 1 atom stereocenters. The molecule has 0 fully saturated rings. The molecule has 0 bridgehead atoms. The van der Waals surface area contributed by atoms with E-state index < -0.39 is 16.1 Å². The molecule has 0 aliphatic carbocycles. The molecule has 2 N–H and O–H groups in total. The summed E-state index contributed by atoms with van der Waals surface area (Å²) in [5.41, 5.74) is 1.88. The van der Waals surface area contributed by atoms with Crippen molar-refractivity contribution in [3.63, 3.8) is 0 Å². The number of sulfonamides is 1. The molecule has 0 saturated heterocycles. The summed E-state index contributed by atoms with van der Waals surface area (Å²) < 4.78 is 26.8. The molecule has 0 radical (unpaired) electrons. The summed E-state index contributed by atoms with van der Waals surface area (Å²) in [4.78, 5) is 0.249. The van der Waals surface area contributed by atoms with E-state index in [0.717, 1.165) is 17.5 Å². The van der Waals surface area contributed by atoms with Crippen LogP contribution in [0.2, 0.25) is 0 Å². The first kappa shape index (κ1) is 16.7. The van der Waals surface area contributed by atoms with Crippen molar-refractivity contribution in [2.45, 2.75) is 30.8 Å². The number of benzene rings is 2. The Kier molecular flexibility index (Phi) is 5.71. The molecular weight excluding hydrogens is 298 g/mol. The van der Waals surface area contributed by atoms with Crippen molar-refractivity contribution in [2.75, 3.05) is 6.54 Å². The van der Waals surface area contributed by atoms with Crippen molar-refractivity contribution in [1.29, 1.82) is 0 Å². The molecule has 0 amide bonds. The van der Waals surface area contributed by atoms with E-state index in [0.29, 0.717) is 6.42 Å². The minimum Gasteiger partial charge on any atom is -0.388 e. The Balaban J connectivity index is 1.92. The number of aliphatic hydroxyl groups is 1. The highest BCUT2D eigenvalue weighted by Gasteiger charge is 2.14. The Labute approximate surface area is 131 Å². The minimum atomic E-state index is -3.52. The average Bonchev–Trinajstić information content (AvgIpc) is 2.55. The Hall–Kier alpha value is -1.69. The van der Waals surface area contributed by atoms with Crippen LogP contribution in [0.1, 0.15) is 30.6 Å². The largest absolute Gasteiger partial charge is 0.388 e. The van der Waals surface area contributed by atoms with Crippen molar-refractivity contribution in [3.05, 3.63) is 65.7 Å². The second kappa shape index (κ2) is 7.54. The molecule has 2 aromatic rings. The number of nitrogens with one attached hydrogen (secondary N) is 1. The van der Waals surface area contributed by atoms with Gasteiger partial charge in [0.25, 0.3) is 0 Å². The fourth-order valence-electron chi connectivity index (χ4n) is 2.16. The summed E-state index contributed by atoms with van der Waals surface area (Å²) in [5, 5.41) is 10.0. The lowest BCUT2D eigenvalue weighted by Gasteiger charge is -2.12. The maximum Gasteiger partial charge on any atom is 0.240 e. The van der Waals surface area contributed by atoms with Crippen molar-refractivity contribution in [2.24, 2.45) is 0 Å². The summed E-state index contributed by atoms with van der Waals surface area (Å²) in [7, 11) is -3.52. The highest BCUT2D eigenvalue weighted by atomic mass is 32.2. The van der Waals surface area contributed by atoms with Gasteiger partial charge in [0, 0.05) is 6.54 Å². The Morgan fingerprint density at radius 2 is 1.68 bits per heavy atom. The van der Waals surface area contributed by atoms with Gasteiger partial charge in [0.05, 0.1) is 11.0 Å². The van der Waals surface area contributed by atoms with Crippen molar-refractivity contribution < 1.29 is 13.5 Å². The molecule has 0 spiro atoms. The maximum atomic E-state index is 12.2. The van der Waals surface area contributed by atoms with Crippen LogP contribution in [0.25, 0.3) is 0 Å². The summed E-state index contributed by atoms with van der Waals surface area (Å²) in [6.45, 7) is 2.21. The normalized spacial score (nSPS) is 13.0. The van der Waals surface area contributed by atoms with Crippen LogP contribution in [-0.4, -0.2) is 20.1 Å². The second-order valence-electron chi connectivity index (χ2n) is 5.11. The minimum absolute atomic E-state index is 0.188. The first-order valence-corrected chi connectivity index (χ1v) is 8.83. The zero-order valence-corrected chi connectivity index (χ0v) is 13.4. The van der Waals surface area contributed by atoms with E-state index >= 15 is 0 Å². The van der Waals surface area contributed by atoms with E-state index in [9.17, 15) is 13.5 Å². The van der Waals surface area contributed by atoms with Gasteiger partial charge in [-0.2, -0.15) is 0 Å². The fraction of sp³-hybridized carbons (Fsp3) is 0.294. The van der Waals surface area contributed by atoms with Crippen LogP contribution >= 0.6 is 0 Å². The van der Waals surface area contributed by atoms with Gasteiger partial charge in [0.2, 0.25) is 10.0 Å². The van der Waals surface area contributed by atoms with Gasteiger partial charge in [0.1, 0.15) is 0 Å². The SMILES string of the molecule is CCc1ccc(S(=O)(=O)NCCC(O)c2ccccc2)cc1. The maximum absolute atomic E-state index is 12.2. The molecule has 118 valence electrons. The third-order valence-corrected chi connectivity index (χ3v) is 5.01. The number of hydrogen-bond acceptors (Lipinski definition) is 3. The summed E-state index contributed by atoms with van der Waals surface area (Å²) >= 11 is 0. The molecule has 0 aliphatic heterocycles. The smallest absolute Gasteiger partial charge is 0.240 e. The molecule has 0 aliphatic rings. The third kappa shape index (κ3) is 4.40. The van der Waals surface area contributed by atoms with Gasteiger partial charge in [-0.3, -0.25) is 0 Å². The van der Waals surface area contributed by atoms with Crippen LogP contribution in [0.5, 0.6) is 0 Å². The zero-order chi connectivity index (χ0) is 16.0. The van der Waals surface area contributed by atoms with E-state index in [1.54, 1.807) is 12.1 Å². The van der Waals surface area contributed by atoms with Crippen molar-refractivity contribution in [1.82, 2.24) is 4.72 Å². The Morgan fingerprint density at radius 3 is 2.27 bits per heavy atom. The lowest BCUT2D eigenvalue weighted by molar-refractivity contribution is 0.169. The van der Waals surface area contributed by atoms with E-state index in [2.05, 4.69) is 4.72 Å². The van der Waals surface area contributed by atoms with Gasteiger partial charge in [-0.25, -0.2) is 13.1 Å². The molecule has 4 nitrogen and oxygen atoms in total. The van der Waals surface area contributed by atoms with Gasteiger partial charge in [0.15, 0.2) is 0 Å². The quantitative estimate of drug-likeness (QED) is 0.824. The molecular formula is C17H21NO3S. The molecule has 2 aromatic carbocycles. The molecule has 0 aromatic heterocycles. The van der Waals surface area contributed by atoms with Crippen LogP contribution in [0.3, 0.4) is 0 Å². The lowest BCUT2D eigenvalue weighted by Crippen LogP contribution is -2.26. The average molecular weight is 319 g/mol. The molecule has 5 heteroatoms. The highest BCUT2D eigenvalue weighted by Crippen LogP contribution is 2.16. The number of hydrogen-bond donors (Lipinski definition) is 2. The van der Waals surface area contributed by atoms with Crippen LogP contribution in [0, 0.1) is 0 Å². The standard InChI is InChI=1S/C17H21NO3S/c1-2-14-8-10-16(11-9-14)22(20,21)18-13-12-17(19)15-6-4-3-5-7-15/h3-11,17-19H,2,12-13H2,1H3. The van der Waals surface area contributed by atoms with Crippen LogP contribution in [0.15, 0.2) is 59.5 Å². The van der Waals surface area contributed by atoms with Crippen molar-refractivity contribution in [3.8, 4) is 0 Å². The van der Waals surface area contributed by atoms with E-state index in [-0.39, 0.29) is 11.4 Å². The van der Waals surface area contributed by atoms with Crippen molar-refractivity contribution >= 4 is 10.0 Å². The monoisotopic (exact) mass is 319 g/mol.